The maximum atomic E-state index is 12.1. The highest BCUT2D eigenvalue weighted by Gasteiger charge is 2.06. The second kappa shape index (κ2) is 10.6. The first-order valence-electron chi connectivity index (χ1n) is 9.61. The Labute approximate surface area is 180 Å². The highest BCUT2D eigenvalue weighted by molar-refractivity contribution is 5.95. The van der Waals surface area contributed by atoms with Crippen LogP contribution >= 0.6 is 0 Å². The molecule has 0 radical (unpaired) electrons. The fourth-order valence-electron chi connectivity index (χ4n) is 2.67. The Bertz CT molecular complexity index is 1060. The van der Waals surface area contributed by atoms with Gasteiger partial charge < -0.3 is 14.8 Å². The molecule has 0 unspecified atom stereocenters. The molecule has 0 aliphatic carbocycles. The van der Waals surface area contributed by atoms with Gasteiger partial charge in [0.1, 0.15) is 11.5 Å². The largest absolute Gasteiger partial charge is 0.497 e. The summed E-state index contributed by atoms with van der Waals surface area (Å²) in [6, 6.07) is 21.3. The van der Waals surface area contributed by atoms with Crippen molar-refractivity contribution in [3.8, 4) is 11.5 Å². The molecule has 158 valence electrons. The predicted octanol–water partition coefficient (Wildman–Crippen LogP) is 3.79. The summed E-state index contributed by atoms with van der Waals surface area (Å²) in [5.41, 5.74) is 5.47. The SMILES string of the molecule is COc1ccc(C(=O)N/N=C/c2ccc(OCC(=O)Nc3ccccc3C)cc2)cc1. The van der Waals surface area contributed by atoms with Crippen LogP contribution in [0.25, 0.3) is 0 Å². The van der Waals surface area contributed by atoms with E-state index < -0.39 is 0 Å². The van der Waals surface area contributed by atoms with Gasteiger partial charge in [0.05, 0.1) is 13.3 Å². The molecule has 2 amide bonds. The summed E-state index contributed by atoms with van der Waals surface area (Å²) >= 11 is 0. The highest BCUT2D eigenvalue weighted by Crippen LogP contribution is 2.14. The number of para-hydroxylation sites is 1. The van der Waals surface area contributed by atoms with E-state index in [0.29, 0.717) is 17.1 Å². The molecule has 3 aromatic rings. The molecule has 0 bridgehead atoms. The van der Waals surface area contributed by atoms with Crippen molar-refractivity contribution in [2.45, 2.75) is 6.92 Å². The molecule has 7 heteroatoms. The standard InChI is InChI=1S/C24H23N3O4/c1-17-5-3-4-6-22(17)26-23(28)16-31-21-11-7-18(8-12-21)15-25-27-24(29)19-9-13-20(30-2)14-10-19/h3-15H,16H2,1-2H3,(H,26,28)(H,27,29)/b25-15+. The number of amides is 2. The Kier molecular flexibility index (Phi) is 7.37. The second-order valence-corrected chi connectivity index (χ2v) is 6.65. The number of methoxy groups -OCH3 is 1. The summed E-state index contributed by atoms with van der Waals surface area (Å²) in [5, 5.41) is 6.78. The summed E-state index contributed by atoms with van der Waals surface area (Å²) in [5.74, 6) is 0.675. The quantitative estimate of drug-likeness (QED) is 0.431. The number of nitrogens with zero attached hydrogens (tertiary/aromatic N) is 1. The van der Waals surface area contributed by atoms with Crippen molar-refractivity contribution in [1.29, 1.82) is 0 Å². The van der Waals surface area contributed by atoms with E-state index in [1.165, 1.54) is 6.21 Å². The smallest absolute Gasteiger partial charge is 0.271 e. The van der Waals surface area contributed by atoms with Crippen molar-refractivity contribution in [2.75, 3.05) is 19.0 Å². The fourth-order valence-corrected chi connectivity index (χ4v) is 2.67. The van der Waals surface area contributed by atoms with Crippen LogP contribution in [0.3, 0.4) is 0 Å². The first-order valence-corrected chi connectivity index (χ1v) is 9.61. The maximum Gasteiger partial charge on any atom is 0.271 e. The summed E-state index contributed by atoms with van der Waals surface area (Å²) in [4.78, 5) is 24.1. The Balaban J connectivity index is 1.46. The van der Waals surface area contributed by atoms with Gasteiger partial charge in [-0.2, -0.15) is 5.10 Å². The fraction of sp³-hybridized carbons (Fsp3) is 0.125. The van der Waals surface area contributed by atoms with Crippen LogP contribution in [-0.2, 0) is 4.79 Å². The van der Waals surface area contributed by atoms with E-state index in [4.69, 9.17) is 9.47 Å². The van der Waals surface area contributed by atoms with Crippen LogP contribution in [-0.4, -0.2) is 31.7 Å². The second-order valence-electron chi connectivity index (χ2n) is 6.65. The normalized spacial score (nSPS) is 10.5. The van der Waals surface area contributed by atoms with Gasteiger partial charge in [-0.3, -0.25) is 9.59 Å². The first-order chi connectivity index (χ1) is 15.0. The zero-order valence-electron chi connectivity index (χ0n) is 17.3. The molecular formula is C24H23N3O4. The summed E-state index contributed by atoms with van der Waals surface area (Å²) < 4.78 is 10.6. The molecule has 3 aromatic carbocycles. The maximum absolute atomic E-state index is 12.1. The van der Waals surface area contributed by atoms with Crippen molar-refractivity contribution in [3.63, 3.8) is 0 Å². The molecule has 0 aromatic heterocycles. The van der Waals surface area contributed by atoms with Gasteiger partial charge in [0.15, 0.2) is 6.61 Å². The molecule has 2 N–H and O–H groups in total. The van der Waals surface area contributed by atoms with Gasteiger partial charge in [-0.25, -0.2) is 5.43 Å². The van der Waals surface area contributed by atoms with Gasteiger partial charge in [-0.05, 0) is 72.6 Å². The van der Waals surface area contributed by atoms with Crippen molar-refractivity contribution < 1.29 is 19.1 Å². The Hall–Kier alpha value is -4.13. The molecule has 3 rings (SSSR count). The van der Waals surface area contributed by atoms with Crippen LogP contribution in [0.4, 0.5) is 5.69 Å². The topological polar surface area (TPSA) is 89.0 Å². The zero-order valence-corrected chi connectivity index (χ0v) is 17.3. The number of hydrazone groups is 1. The number of hydrogen-bond acceptors (Lipinski definition) is 5. The van der Waals surface area contributed by atoms with Gasteiger partial charge in [0.2, 0.25) is 0 Å². The van der Waals surface area contributed by atoms with Gasteiger partial charge in [-0.15, -0.1) is 0 Å². The number of benzene rings is 3. The Morgan fingerprint density at radius 2 is 1.61 bits per heavy atom. The number of aryl methyl sites for hydroxylation is 1. The lowest BCUT2D eigenvalue weighted by atomic mass is 10.2. The molecule has 0 aliphatic rings. The molecule has 0 saturated carbocycles. The lowest BCUT2D eigenvalue weighted by Crippen LogP contribution is -2.20. The lowest BCUT2D eigenvalue weighted by Gasteiger charge is -2.09. The van der Waals surface area contributed by atoms with E-state index in [0.717, 1.165) is 16.8 Å². The Morgan fingerprint density at radius 3 is 2.29 bits per heavy atom. The molecule has 7 nitrogen and oxygen atoms in total. The van der Waals surface area contributed by atoms with E-state index in [-0.39, 0.29) is 18.4 Å². The number of rotatable bonds is 8. The van der Waals surface area contributed by atoms with E-state index in [9.17, 15) is 9.59 Å². The van der Waals surface area contributed by atoms with Crippen LogP contribution in [0.2, 0.25) is 0 Å². The van der Waals surface area contributed by atoms with Gasteiger partial charge in [0.25, 0.3) is 11.8 Å². The number of nitrogens with one attached hydrogen (secondary N) is 2. The molecule has 0 heterocycles. The third kappa shape index (κ3) is 6.43. The molecular weight excluding hydrogens is 394 g/mol. The van der Waals surface area contributed by atoms with Crippen LogP contribution in [0.15, 0.2) is 77.9 Å². The Morgan fingerprint density at radius 1 is 0.935 bits per heavy atom. The third-order valence-corrected chi connectivity index (χ3v) is 4.40. The van der Waals surface area contributed by atoms with Crippen LogP contribution < -0.4 is 20.2 Å². The molecule has 0 atom stereocenters. The van der Waals surface area contributed by atoms with Crippen molar-refractivity contribution in [2.24, 2.45) is 5.10 Å². The molecule has 0 spiro atoms. The third-order valence-electron chi connectivity index (χ3n) is 4.40. The number of carbonyl (C=O) groups excluding carboxylic acids is 2. The van der Waals surface area contributed by atoms with E-state index >= 15 is 0 Å². The zero-order chi connectivity index (χ0) is 22.1. The molecule has 0 aliphatic heterocycles. The number of anilines is 1. The van der Waals surface area contributed by atoms with E-state index in [1.54, 1.807) is 55.6 Å². The predicted molar refractivity (Wildman–Crippen MR) is 120 cm³/mol. The minimum atomic E-state index is -0.321. The van der Waals surface area contributed by atoms with E-state index in [1.807, 2.05) is 31.2 Å². The molecule has 0 saturated heterocycles. The summed E-state index contributed by atoms with van der Waals surface area (Å²) in [7, 11) is 1.57. The van der Waals surface area contributed by atoms with Crippen LogP contribution in [0, 0.1) is 6.92 Å². The number of carbonyl (C=O) groups is 2. The first kappa shape index (κ1) is 21.6. The number of hydrogen-bond donors (Lipinski definition) is 2. The van der Waals surface area contributed by atoms with Crippen molar-refractivity contribution in [3.05, 3.63) is 89.5 Å². The average Bonchev–Trinajstić information content (AvgIpc) is 2.80. The number of ether oxygens (including phenoxy) is 2. The minimum absolute atomic E-state index is 0.0975. The van der Waals surface area contributed by atoms with Crippen molar-refractivity contribution in [1.82, 2.24) is 5.43 Å². The molecule has 0 fully saturated rings. The minimum Gasteiger partial charge on any atom is -0.497 e. The van der Waals surface area contributed by atoms with Gasteiger partial charge in [-0.1, -0.05) is 18.2 Å². The van der Waals surface area contributed by atoms with Gasteiger partial charge >= 0.3 is 0 Å². The monoisotopic (exact) mass is 417 g/mol. The highest BCUT2D eigenvalue weighted by atomic mass is 16.5. The summed E-state index contributed by atoms with van der Waals surface area (Å²) in [6.07, 6.45) is 1.52. The van der Waals surface area contributed by atoms with Crippen LogP contribution in [0.5, 0.6) is 11.5 Å². The van der Waals surface area contributed by atoms with Gasteiger partial charge in [0, 0.05) is 11.3 Å². The van der Waals surface area contributed by atoms with E-state index in [2.05, 4.69) is 15.8 Å². The van der Waals surface area contributed by atoms with Crippen LogP contribution in [0.1, 0.15) is 21.5 Å². The summed E-state index contributed by atoms with van der Waals surface area (Å²) in [6.45, 7) is 1.83. The molecule has 31 heavy (non-hydrogen) atoms. The lowest BCUT2D eigenvalue weighted by molar-refractivity contribution is -0.118. The average molecular weight is 417 g/mol. The van der Waals surface area contributed by atoms with Crippen molar-refractivity contribution >= 4 is 23.7 Å².